The van der Waals surface area contributed by atoms with E-state index in [0.29, 0.717) is 71.1 Å². The van der Waals surface area contributed by atoms with Gasteiger partial charge >= 0.3 is 0 Å². The number of aromatic nitrogens is 16. The number of nitrogens with zero attached hydrogens (tertiary/aromatic N) is 18. The van der Waals surface area contributed by atoms with Crippen LogP contribution in [0.2, 0.25) is 10.3 Å². The number of nitrogens with one attached hydrogen (secondary N) is 1. The number of aldehydes is 1. The van der Waals surface area contributed by atoms with Crippen molar-refractivity contribution in [3.05, 3.63) is 60.9 Å². The second kappa shape index (κ2) is 33.6. The minimum absolute atomic E-state index is 0.141. The molecule has 590 valence electrons. The number of aliphatic hydroxyl groups is 5. The molecule has 0 saturated carbocycles. The van der Waals surface area contributed by atoms with E-state index in [9.17, 15) is 25.2 Å². The van der Waals surface area contributed by atoms with Crippen LogP contribution in [0.15, 0.2) is 50.6 Å². The number of morpholine rings is 3. The van der Waals surface area contributed by atoms with Crippen LogP contribution in [0.5, 0.6) is 0 Å². The van der Waals surface area contributed by atoms with Crippen molar-refractivity contribution in [1.82, 2.24) is 83.4 Å². The van der Waals surface area contributed by atoms with Gasteiger partial charge in [0, 0.05) is 53.5 Å². The fourth-order valence-electron chi connectivity index (χ4n) is 13.8. The molecule has 8 aromatic rings. The Morgan fingerprint density at radius 2 is 0.806 bits per heavy atom. The van der Waals surface area contributed by atoms with E-state index in [4.69, 9.17) is 99.4 Å². The van der Waals surface area contributed by atoms with E-state index >= 15 is 0 Å². The number of halogens is 2. The minimum atomic E-state index is -1.19. The first kappa shape index (κ1) is 79.3. The van der Waals surface area contributed by atoms with Crippen molar-refractivity contribution in [2.45, 2.75) is 177 Å². The van der Waals surface area contributed by atoms with Crippen molar-refractivity contribution in [3.8, 4) is 0 Å². The van der Waals surface area contributed by atoms with E-state index in [2.05, 4.69) is 74.9 Å². The lowest BCUT2D eigenvalue weighted by molar-refractivity contribution is -0.200. The first-order valence-corrected chi connectivity index (χ1v) is 36.0. The highest BCUT2D eigenvalue weighted by molar-refractivity contribution is 6.33. The third-order valence-electron chi connectivity index (χ3n) is 19.2. The van der Waals surface area contributed by atoms with Gasteiger partial charge in [-0.05, 0) is 55.4 Å². The van der Waals surface area contributed by atoms with Crippen LogP contribution in [0.1, 0.15) is 80.3 Å². The molecule has 8 aromatic heterocycles. The van der Waals surface area contributed by atoms with Gasteiger partial charge in [-0.1, -0.05) is 23.2 Å². The standard InChI is InChI=1S/C17H23N5O5.C17H21N5O5.C13H15ClN4O4.C10H11ClN4O4.C5H12O2.C4H9NO/c2*1-17(2)26-12-10(7-23)25-16(13(12)27-17)22-9-20-11-14(18-8-19-15(11)22)21-3-5-24-6-4-21;1-13(2)21-8-6(3-19)20-12(9(8)22-13)18-5-17-7-10(14)15-4-16-11(7)18;11-8-5-9(13-2-12-8)15(3-14-5)10-7(18)6(17)4(1-16)19-10;1-5(2,6-3)7-4;1-3-6-4-2-5-1/h8-10,12-13,16,23H,3-7H2,1-2H3;7-10,12-13,16H,3-6H2,1-2H3;4-6,8-9,12,19H,3H2,1-2H3;2-4,6-7,10,16-18H,1H2;1-4H3;5H,1-4H2/t2*10-,12-,13-,16-;6-,8-,9-,12-;4-,6-,7-,10-;;/m1111../s1. The molecule has 18 rings (SSSR count). The molecule has 40 nitrogen and oxygen atoms in total. The molecule has 10 aliphatic heterocycles. The number of hydrogen-bond acceptors (Lipinski definition) is 36. The van der Waals surface area contributed by atoms with Gasteiger partial charge in [0.15, 0.2) is 110 Å². The SMILES string of the molecule is C1COCCN1.CC1(C)O[C@@H]2[C@H](O1)[C@@H](C=O)O[C@H]2n1cnc2c(N3CCOCC3)ncnc21.CC1(C)O[C@@H]2[C@H](O1)[C@@H](CO)O[C@H]2n1cnc2c(Cl)ncnc21.CC1(C)O[C@@H]2[C@H](O1)[C@@H](CO)O[C@H]2n1cnc2c(N3CCOCC3)ncnc21.COC(C)(C)OC.OC[C@H]1O[C@@H](n2cnc3c(Cl)ncnc32)[C@H](O)[C@@H]1O. The van der Waals surface area contributed by atoms with Crippen molar-refractivity contribution in [2.75, 3.05) is 123 Å². The van der Waals surface area contributed by atoms with Crippen molar-refractivity contribution in [2.24, 2.45) is 0 Å². The van der Waals surface area contributed by atoms with Crippen molar-refractivity contribution in [1.29, 1.82) is 0 Å². The summed E-state index contributed by atoms with van der Waals surface area (Å²) in [6.45, 7) is 23.6. The first-order chi connectivity index (χ1) is 51.9. The molecule has 10 aliphatic rings. The van der Waals surface area contributed by atoms with Gasteiger partial charge in [-0.15, -0.1) is 0 Å². The topological polar surface area (TPSA) is 450 Å². The number of carbonyl (C=O) groups excluding carboxylic acids is 1. The molecule has 6 N–H and O–H groups in total. The number of ether oxygens (including phenoxy) is 15. The maximum Gasteiger partial charge on any atom is 0.167 e. The van der Waals surface area contributed by atoms with Crippen LogP contribution in [0, 0.1) is 0 Å². The Bertz CT molecular complexity index is 4300. The predicted octanol–water partition coefficient (Wildman–Crippen LogP) is 0.954. The molecule has 10 fully saturated rings. The Morgan fingerprint density at radius 3 is 1.17 bits per heavy atom. The zero-order valence-electron chi connectivity index (χ0n) is 61.1. The fourth-order valence-corrected chi connectivity index (χ4v) is 14.1. The van der Waals surface area contributed by atoms with Gasteiger partial charge in [-0.2, -0.15) is 0 Å². The third-order valence-corrected chi connectivity index (χ3v) is 19.7. The Balaban J connectivity index is 0.000000121. The number of methoxy groups -OCH3 is 2. The summed E-state index contributed by atoms with van der Waals surface area (Å²) in [5, 5.41) is 51.6. The zero-order chi connectivity index (χ0) is 76.4. The second-order valence-electron chi connectivity index (χ2n) is 27.9. The maximum absolute atomic E-state index is 11.5. The summed E-state index contributed by atoms with van der Waals surface area (Å²) in [7, 11) is 3.23. The van der Waals surface area contributed by atoms with Gasteiger partial charge in [0.05, 0.1) is 84.8 Å². The number of fused-ring (bicyclic) bond motifs is 7. The summed E-state index contributed by atoms with van der Waals surface area (Å²) in [6, 6.07) is 0. The summed E-state index contributed by atoms with van der Waals surface area (Å²) in [5.41, 5.74) is 4.51. The van der Waals surface area contributed by atoms with E-state index in [1.165, 1.54) is 36.2 Å². The lowest BCUT2D eigenvalue weighted by Gasteiger charge is -2.27. The lowest BCUT2D eigenvalue weighted by atomic mass is 10.1. The minimum Gasteiger partial charge on any atom is -0.394 e. The molecule has 0 unspecified atom stereocenters. The Hall–Kier alpha value is -6.79. The lowest BCUT2D eigenvalue weighted by Crippen LogP contribution is -2.37. The van der Waals surface area contributed by atoms with Crippen LogP contribution in [0.25, 0.3) is 44.7 Å². The molecule has 18 heterocycles. The average molecular weight is 1560 g/mol. The van der Waals surface area contributed by atoms with Gasteiger partial charge in [-0.3, -0.25) is 18.3 Å². The van der Waals surface area contributed by atoms with E-state index in [-0.39, 0.29) is 47.9 Å². The fraction of sp³-hybridized carbons (Fsp3) is 0.682. The van der Waals surface area contributed by atoms with Crippen LogP contribution in [0.3, 0.4) is 0 Å². The highest BCUT2D eigenvalue weighted by Crippen LogP contribution is 2.47. The number of aliphatic hydroxyl groups excluding tert-OH is 5. The average Bonchev–Trinajstić information content (AvgIpc) is 1.61. The number of anilines is 2. The Kier molecular flexibility index (Phi) is 24.7. The number of hydrogen-bond donors (Lipinski definition) is 6. The summed E-state index contributed by atoms with van der Waals surface area (Å²) in [6.07, 6.45) is 3.25. The van der Waals surface area contributed by atoms with Gasteiger partial charge in [-0.25, -0.2) is 59.8 Å². The molecule has 16 atom stereocenters. The monoisotopic (exact) mass is 1560 g/mol. The molecular weight excluding hydrogens is 1470 g/mol. The second-order valence-corrected chi connectivity index (χ2v) is 28.7. The van der Waals surface area contributed by atoms with E-state index in [1.54, 1.807) is 42.3 Å². The number of rotatable bonds is 12. The highest BCUT2D eigenvalue weighted by Gasteiger charge is 2.59. The first-order valence-electron chi connectivity index (χ1n) is 35.3. The third kappa shape index (κ3) is 16.7. The van der Waals surface area contributed by atoms with E-state index in [1.807, 2.05) is 60.0 Å². The normalized spacial score (nSPS) is 30.8. The molecule has 10 saturated heterocycles. The van der Waals surface area contributed by atoms with E-state index in [0.717, 1.165) is 70.4 Å². The van der Waals surface area contributed by atoms with Crippen LogP contribution >= 0.6 is 23.2 Å². The number of imidazole rings is 4. The summed E-state index contributed by atoms with van der Waals surface area (Å²) in [5.74, 6) is -1.09. The van der Waals surface area contributed by atoms with Gasteiger partial charge in [0.25, 0.3) is 0 Å². The molecule has 0 radical (unpaired) electrons. The van der Waals surface area contributed by atoms with Crippen molar-refractivity contribution in [3.63, 3.8) is 0 Å². The maximum atomic E-state index is 11.5. The molecule has 0 aromatic carbocycles. The zero-order valence-corrected chi connectivity index (χ0v) is 62.6. The molecule has 42 heteroatoms. The van der Waals surface area contributed by atoms with Gasteiger partial charge in [0.2, 0.25) is 0 Å². The summed E-state index contributed by atoms with van der Waals surface area (Å²) in [4.78, 5) is 66.8. The molecule has 0 bridgehead atoms. The molecule has 0 amide bonds. The predicted molar refractivity (Wildman–Crippen MR) is 376 cm³/mol. The highest BCUT2D eigenvalue weighted by atomic mass is 35.5. The molecule has 108 heavy (non-hydrogen) atoms. The largest absolute Gasteiger partial charge is 0.394 e. The van der Waals surface area contributed by atoms with Gasteiger partial charge < -0.3 is 116 Å². The Labute approximate surface area is 628 Å². The summed E-state index contributed by atoms with van der Waals surface area (Å²) >= 11 is 11.9. The molecule has 0 aliphatic carbocycles. The number of carbonyl (C=O) groups is 1. The van der Waals surface area contributed by atoms with Crippen molar-refractivity contribution < 1.29 is 101 Å². The Morgan fingerprint density at radius 1 is 0.463 bits per heavy atom. The van der Waals surface area contributed by atoms with Crippen molar-refractivity contribution >= 4 is 85.8 Å². The van der Waals surface area contributed by atoms with Gasteiger partial charge in [0.1, 0.15) is 110 Å². The molecular formula is C66H91Cl2N19O21. The quantitative estimate of drug-likeness (QED) is 0.0563. The van der Waals surface area contributed by atoms with E-state index < -0.39 is 103 Å². The van der Waals surface area contributed by atoms with Crippen LogP contribution in [0.4, 0.5) is 11.6 Å². The van der Waals surface area contributed by atoms with Crippen LogP contribution in [-0.4, -0.2) is 319 Å². The molecule has 0 spiro atoms. The van der Waals surface area contributed by atoms with Crippen LogP contribution < -0.4 is 15.1 Å². The summed E-state index contributed by atoms with van der Waals surface area (Å²) < 4.78 is 91.3. The smallest absolute Gasteiger partial charge is 0.167 e. The van der Waals surface area contributed by atoms with Crippen LogP contribution in [-0.2, 0) is 75.8 Å².